The zero-order valence-corrected chi connectivity index (χ0v) is 16.2. The lowest BCUT2D eigenvalue weighted by atomic mass is 10.1. The predicted octanol–water partition coefficient (Wildman–Crippen LogP) is 2.05. The van der Waals surface area contributed by atoms with Crippen molar-refractivity contribution in [2.24, 2.45) is 0 Å². The molecule has 4 N–H and O–H groups in total. The minimum absolute atomic E-state index is 0.0517. The van der Waals surface area contributed by atoms with Crippen LogP contribution < -0.4 is 16.4 Å². The molecule has 1 atom stereocenters. The van der Waals surface area contributed by atoms with E-state index in [4.69, 9.17) is 5.73 Å². The number of carbonyl (C=O) groups excluding carboxylic acids is 2. The normalized spacial score (nSPS) is 12.2. The summed E-state index contributed by atoms with van der Waals surface area (Å²) in [5.41, 5.74) is 8.72. The van der Waals surface area contributed by atoms with Crippen LogP contribution >= 0.6 is 0 Å². The van der Waals surface area contributed by atoms with Gasteiger partial charge in [0.05, 0.1) is 6.33 Å². The number of nitrogen functional groups attached to an aromatic ring is 1. The Hall–Kier alpha value is -3.49. The van der Waals surface area contributed by atoms with Gasteiger partial charge in [0.15, 0.2) is 11.5 Å². The van der Waals surface area contributed by atoms with Gasteiger partial charge in [-0.15, -0.1) is 0 Å². The maximum Gasteiger partial charge on any atom is 0.251 e. The number of benzene rings is 1. The van der Waals surface area contributed by atoms with Gasteiger partial charge >= 0.3 is 0 Å². The number of nitrogens with one attached hydrogen (secondary N) is 2. The molecule has 0 saturated carbocycles. The van der Waals surface area contributed by atoms with E-state index in [1.165, 1.54) is 12.7 Å². The number of aromatic nitrogens is 4. The van der Waals surface area contributed by atoms with Crippen molar-refractivity contribution >= 4 is 34.5 Å². The average Bonchev–Trinajstić information content (AvgIpc) is 3.07. The third-order valence-electron chi connectivity index (χ3n) is 4.35. The first-order valence-corrected chi connectivity index (χ1v) is 8.93. The smallest absolute Gasteiger partial charge is 0.251 e. The van der Waals surface area contributed by atoms with Crippen LogP contribution in [0.2, 0.25) is 0 Å². The fraction of sp³-hybridized carbons (Fsp3) is 0.316. The monoisotopic (exact) mass is 381 g/mol. The van der Waals surface area contributed by atoms with Crippen molar-refractivity contribution in [3.63, 3.8) is 0 Å². The molecule has 0 bridgehead atoms. The first-order valence-electron chi connectivity index (χ1n) is 8.93. The fourth-order valence-electron chi connectivity index (χ4n) is 2.81. The molecule has 0 aliphatic carbocycles. The largest absolute Gasteiger partial charge is 0.382 e. The second-order valence-corrected chi connectivity index (χ2v) is 6.91. The Morgan fingerprint density at radius 1 is 1.14 bits per heavy atom. The SMILES string of the molecule is Cc1cc(C(=O)NC(C)C)ccc1NC(=O)C(C)n1cnc2c(N)ncnc21. The Morgan fingerprint density at radius 2 is 1.89 bits per heavy atom. The summed E-state index contributed by atoms with van der Waals surface area (Å²) in [7, 11) is 0. The summed E-state index contributed by atoms with van der Waals surface area (Å²) in [6, 6.07) is 4.64. The molecule has 2 amide bonds. The van der Waals surface area contributed by atoms with Crippen molar-refractivity contribution < 1.29 is 9.59 Å². The Labute approximate surface area is 162 Å². The average molecular weight is 381 g/mol. The van der Waals surface area contributed by atoms with Crippen molar-refractivity contribution in [3.05, 3.63) is 42.0 Å². The van der Waals surface area contributed by atoms with Crippen molar-refractivity contribution in [1.29, 1.82) is 0 Å². The van der Waals surface area contributed by atoms with Gasteiger partial charge < -0.3 is 20.9 Å². The van der Waals surface area contributed by atoms with Gasteiger partial charge in [-0.2, -0.15) is 0 Å². The third kappa shape index (κ3) is 3.78. The number of hydrogen-bond donors (Lipinski definition) is 3. The molecule has 0 radical (unpaired) electrons. The Kier molecular flexibility index (Phi) is 5.25. The topological polar surface area (TPSA) is 128 Å². The molecule has 0 aliphatic heterocycles. The van der Waals surface area contributed by atoms with Gasteiger partial charge in [-0.1, -0.05) is 0 Å². The Bertz CT molecular complexity index is 1040. The lowest BCUT2D eigenvalue weighted by molar-refractivity contribution is -0.118. The summed E-state index contributed by atoms with van der Waals surface area (Å²) in [5, 5.41) is 5.74. The maximum atomic E-state index is 12.7. The van der Waals surface area contributed by atoms with E-state index in [0.717, 1.165) is 5.56 Å². The van der Waals surface area contributed by atoms with Crippen LogP contribution in [0.5, 0.6) is 0 Å². The van der Waals surface area contributed by atoms with Gasteiger partial charge in [0.1, 0.15) is 17.9 Å². The molecule has 0 saturated heterocycles. The molecule has 1 aromatic carbocycles. The number of imidazole rings is 1. The van der Waals surface area contributed by atoms with Crippen molar-refractivity contribution in [2.45, 2.75) is 39.8 Å². The van der Waals surface area contributed by atoms with Crippen LogP contribution in [0.1, 0.15) is 42.7 Å². The standard InChI is InChI=1S/C19H23N7O2/c1-10(2)24-19(28)13-5-6-14(11(3)7-13)25-18(27)12(4)26-9-23-15-16(20)21-8-22-17(15)26/h5-10,12H,1-4H3,(H,24,28)(H,25,27)(H2,20,21,22). The summed E-state index contributed by atoms with van der Waals surface area (Å²) in [6.07, 6.45) is 2.86. The van der Waals surface area contributed by atoms with Crippen LogP contribution in [-0.4, -0.2) is 37.4 Å². The second-order valence-electron chi connectivity index (χ2n) is 6.91. The number of anilines is 2. The molecule has 3 aromatic rings. The van der Waals surface area contributed by atoms with E-state index in [1.807, 2.05) is 20.8 Å². The third-order valence-corrected chi connectivity index (χ3v) is 4.35. The molecule has 9 nitrogen and oxygen atoms in total. The number of nitrogens with zero attached hydrogens (tertiary/aromatic N) is 4. The lowest BCUT2D eigenvalue weighted by Gasteiger charge is -2.16. The summed E-state index contributed by atoms with van der Waals surface area (Å²) < 4.78 is 1.64. The van der Waals surface area contributed by atoms with Crippen LogP contribution in [0.25, 0.3) is 11.2 Å². The summed E-state index contributed by atoms with van der Waals surface area (Å²) in [5.74, 6) is -0.118. The van der Waals surface area contributed by atoms with Gasteiger partial charge in [-0.3, -0.25) is 9.59 Å². The van der Waals surface area contributed by atoms with Gasteiger partial charge in [0.2, 0.25) is 5.91 Å². The molecule has 0 fully saturated rings. The van der Waals surface area contributed by atoms with Crippen LogP contribution in [0.3, 0.4) is 0 Å². The van der Waals surface area contributed by atoms with Crippen molar-refractivity contribution in [3.8, 4) is 0 Å². The van der Waals surface area contributed by atoms with E-state index >= 15 is 0 Å². The number of fused-ring (bicyclic) bond motifs is 1. The first-order chi connectivity index (χ1) is 13.3. The summed E-state index contributed by atoms with van der Waals surface area (Å²) in [4.78, 5) is 37.1. The number of carbonyl (C=O) groups is 2. The fourth-order valence-corrected chi connectivity index (χ4v) is 2.81. The lowest BCUT2D eigenvalue weighted by Crippen LogP contribution is -2.30. The summed E-state index contributed by atoms with van der Waals surface area (Å²) in [6.45, 7) is 7.39. The van der Waals surface area contributed by atoms with Crippen LogP contribution in [0, 0.1) is 6.92 Å². The Balaban J connectivity index is 1.78. The zero-order valence-electron chi connectivity index (χ0n) is 16.2. The second kappa shape index (κ2) is 7.63. The van der Waals surface area contributed by atoms with Crippen LogP contribution in [-0.2, 0) is 4.79 Å². The van der Waals surface area contributed by atoms with Crippen LogP contribution in [0.15, 0.2) is 30.9 Å². The van der Waals surface area contributed by atoms with Gasteiger partial charge in [-0.25, -0.2) is 15.0 Å². The minimum Gasteiger partial charge on any atom is -0.382 e. The van der Waals surface area contributed by atoms with E-state index in [-0.39, 0.29) is 23.7 Å². The highest BCUT2D eigenvalue weighted by Gasteiger charge is 2.20. The molecule has 2 heterocycles. The molecule has 1 unspecified atom stereocenters. The highest BCUT2D eigenvalue weighted by atomic mass is 16.2. The quantitative estimate of drug-likeness (QED) is 0.621. The minimum atomic E-state index is -0.567. The van der Waals surface area contributed by atoms with E-state index < -0.39 is 6.04 Å². The van der Waals surface area contributed by atoms with Crippen LogP contribution in [0.4, 0.5) is 11.5 Å². The molecule has 2 aromatic heterocycles. The highest BCUT2D eigenvalue weighted by molar-refractivity contribution is 5.98. The van der Waals surface area contributed by atoms with Crippen molar-refractivity contribution in [2.75, 3.05) is 11.1 Å². The number of amides is 2. The predicted molar refractivity (Wildman–Crippen MR) is 107 cm³/mol. The number of aryl methyl sites for hydroxylation is 1. The van der Waals surface area contributed by atoms with Crippen molar-refractivity contribution in [1.82, 2.24) is 24.8 Å². The number of rotatable bonds is 5. The Morgan fingerprint density at radius 3 is 2.57 bits per heavy atom. The van der Waals surface area contributed by atoms with Gasteiger partial charge in [-0.05, 0) is 51.5 Å². The maximum absolute atomic E-state index is 12.7. The van der Waals surface area contributed by atoms with E-state index in [1.54, 1.807) is 29.7 Å². The molecule has 146 valence electrons. The zero-order chi connectivity index (χ0) is 20.4. The van der Waals surface area contributed by atoms with E-state index in [9.17, 15) is 9.59 Å². The van der Waals surface area contributed by atoms with Gasteiger partial charge in [0.25, 0.3) is 5.91 Å². The molecule has 28 heavy (non-hydrogen) atoms. The molecular weight excluding hydrogens is 358 g/mol. The van der Waals surface area contributed by atoms with E-state index in [0.29, 0.717) is 22.4 Å². The van der Waals surface area contributed by atoms with Gasteiger partial charge in [0, 0.05) is 17.3 Å². The molecule has 3 rings (SSSR count). The molecular formula is C19H23N7O2. The van der Waals surface area contributed by atoms with E-state index in [2.05, 4.69) is 25.6 Å². The molecule has 9 heteroatoms. The number of nitrogens with two attached hydrogens (primary N) is 1. The summed E-state index contributed by atoms with van der Waals surface area (Å²) >= 11 is 0. The highest BCUT2D eigenvalue weighted by Crippen LogP contribution is 2.22. The molecule has 0 aliphatic rings. The molecule has 0 spiro atoms. The first kappa shape index (κ1) is 19.3. The number of hydrogen-bond acceptors (Lipinski definition) is 6.